The molecule has 3 rings (SSSR count). The van der Waals surface area contributed by atoms with Crippen molar-refractivity contribution in [2.24, 2.45) is 0 Å². The predicted octanol–water partition coefficient (Wildman–Crippen LogP) is 4.55. The van der Waals surface area contributed by atoms with Crippen LogP contribution in [0.25, 0.3) is 10.8 Å². The van der Waals surface area contributed by atoms with E-state index in [1.54, 1.807) is 6.20 Å². The van der Waals surface area contributed by atoms with E-state index in [0.29, 0.717) is 5.15 Å². The summed E-state index contributed by atoms with van der Waals surface area (Å²) in [6, 6.07) is 8.64. The van der Waals surface area contributed by atoms with Gasteiger partial charge in [0.2, 0.25) is 0 Å². The van der Waals surface area contributed by atoms with E-state index in [1.807, 2.05) is 6.07 Å². The number of nitrogens with zero attached hydrogens (tertiary/aromatic N) is 1. The second kappa shape index (κ2) is 4.06. The SMILES string of the molecule is Clc1nccc2cc(C3CCCC3)ccc12. The Morgan fingerprint density at radius 2 is 1.94 bits per heavy atom. The van der Waals surface area contributed by atoms with E-state index < -0.39 is 0 Å². The summed E-state index contributed by atoms with van der Waals surface area (Å²) >= 11 is 6.06. The molecule has 1 saturated carbocycles. The van der Waals surface area contributed by atoms with Crippen LogP contribution in [-0.4, -0.2) is 4.98 Å². The van der Waals surface area contributed by atoms with Crippen molar-refractivity contribution in [3.8, 4) is 0 Å². The topological polar surface area (TPSA) is 12.9 Å². The van der Waals surface area contributed by atoms with Gasteiger partial charge in [-0.15, -0.1) is 0 Å². The smallest absolute Gasteiger partial charge is 0.136 e. The van der Waals surface area contributed by atoms with Crippen molar-refractivity contribution in [2.75, 3.05) is 0 Å². The molecule has 0 atom stereocenters. The molecule has 0 radical (unpaired) electrons. The van der Waals surface area contributed by atoms with Gasteiger partial charge in [0.05, 0.1) is 0 Å². The molecular formula is C14H14ClN. The number of pyridine rings is 1. The molecule has 1 aliphatic rings. The molecule has 1 aromatic heterocycles. The number of halogens is 1. The molecule has 0 bridgehead atoms. The van der Waals surface area contributed by atoms with Crippen molar-refractivity contribution >= 4 is 22.4 Å². The van der Waals surface area contributed by atoms with Crippen LogP contribution < -0.4 is 0 Å². The Hall–Kier alpha value is -1.08. The largest absolute Gasteiger partial charge is 0.244 e. The number of hydrogen-bond donors (Lipinski definition) is 0. The lowest BCUT2D eigenvalue weighted by Gasteiger charge is -2.10. The van der Waals surface area contributed by atoms with Crippen LogP contribution in [0.3, 0.4) is 0 Å². The van der Waals surface area contributed by atoms with E-state index in [-0.39, 0.29) is 0 Å². The summed E-state index contributed by atoms with van der Waals surface area (Å²) in [5, 5.41) is 2.88. The fourth-order valence-corrected chi connectivity index (χ4v) is 2.90. The Balaban J connectivity index is 2.08. The average molecular weight is 232 g/mol. The van der Waals surface area contributed by atoms with Crippen LogP contribution in [0.15, 0.2) is 30.5 Å². The molecule has 1 nitrogen and oxygen atoms in total. The highest BCUT2D eigenvalue weighted by Crippen LogP contribution is 2.35. The fourth-order valence-electron chi connectivity index (χ4n) is 2.67. The van der Waals surface area contributed by atoms with E-state index in [9.17, 15) is 0 Å². The van der Waals surface area contributed by atoms with E-state index in [4.69, 9.17) is 11.6 Å². The Morgan fingerprint density at radius 3 is 2.75 bits per heavy atom. The fraction of sp³-hybridized carbons (Fsp3) is 0.357. The molecule has 0 saturated heterocycles. The van der Waals surface area contributed by atoms with Crippen LogP contribution in [0.1, 0.15) is 37.2 Å². The molecule has 0 spiro atoms. The maximum Gasteiger partial charge on any atom is 0.136 e. The standard InChI is InChI=1S/C14H14ClN/c15-14-13-6-5-11(10-3-1-2-4-10)9-12(13)7-8-16-14/h5-10H,1-4H2. The highest BCUT2D eigenvalue weighted by atomic mass is 35.5. The van der Waals surface area contributed by atoms with Gasteiger partial charge in [-0.2, -0.15) is 0 Å². The first kappa shape index (κ1) is 10.1. The maximum atomic E-state index is 6.06. The molecule has 1 fully saturated rings. The van der Waals surface area contributed by atoms with Crippen molar-refractivity contribution in [2.45, 2.75) is 31.6 Å². The molecule has 1 heterocycles. The summed E-state index contributed by atoms with van der Waals surface area (Å²) in [7, 11) is 0. The van der Waals surface area contributed by atoms with Crippen molar-refractivity contribution < 1.29 is 0 Å². The normalized spacial score (nSPS) is 17.1. The predicted molar refractivity (Wildman–Crippen MR) is 68.0 cm³/mol. The molecule has 0 N–H and O–H groups in total. The Labute approximate surface area is 100 Å². The zero-order valence-corrected chi connectivity index (χ0v) is 9.87. The summed E-state index contributed by atoms with van der Waals surface area (Å²) in [6.07, 6.45) is 7.21. The summed E-state index contributed by atoms with van der Waals surface area (Å²) in [5.74, 6) is 0.761. The molecule has 1 aromatic carbocycles. The van der Waals surface area contributed by atoms with Crippen molar-refractivity contribution in [1.29, 1.82) is 0 Å². The van der Waals surface area contributed by atoms with Gasteiger partial charge in [-0.05, 0) is 35.8 Å². The van der Waals surface area contributed by atoms with Crippen LogP contribution >= 0.6 is 11.6 Å². The van der Waals surface area contributed by atoms with Gasteiger partial charge in [0.1, 0.15) is 5.15 Å². The van der Waals surface area contributed by atoms with Crippen LogP contribution in [0.2, 0.25) is 5.15 Å². The van der Waals surface area contributed by atoms with E-state index in [0.717, 1.165) is 11.3 Å². The number of aromatic nitrogens is 1. The third-order valence-electron chi connectivity index (χ3n) is 3.57. The van der Waals surface area contributed by atoms with Crippen LogP contribution in [0.4, 0.5) is 0 Å². The molecule has 0 unspecified atom stereocenters. The molecule has 2 heteroatoms. The van der Waals surface area contributed by atoms with Gasteiger partial charge in [-0.25, -0.2) is 4.98 Å². The van der Waals surface area contributed by atoms with Gasteiger partial charge in [-0.1, -0.05) is 42.6 Å². The lowest BCUT2D eigenvalue weighted by molar-refractivity contribution is 0.724. The molecule has 1 aliphatic carbocycles. The van der Waals surface area contributed by atoms with E-state index in [1.165, 1.54) is 36.6 Å². The maximum absolute atomic E-state index is 6.06. The number of hydrogen-bond acceptors (Lipinski definition) is 1. The minimum atomic E-state index is 0.607. The van der Waals surface area contributed by atoms with Gasteiger partial charge in [-0.3, -0.25) is 0 Å². The second-order valence-electron chi connectivity index (χ2n) is 4.56. The van der Waals surface area contributed by atoms with Gasteiger partial charge in [0.25, 0.3) is 0 Å². The first-order chi connectivity index (χ1) is 7.84. The van der Waals surface area contributed by atoms with Gasteiger partial charge in [0.15, 0.2) is 0 Å². The van der Waals surface area contributed by atoms with Gasteiger partial charge >= 0.3 is 0 Å². The van der Waals surface area contributed by atoms with E-state index in [2.05, 4.69) is 23.2 Å². The van der Waals surface area contributed by atoms with Crippen molar-refractivity contribution in [3.05, 3.63) is 41.2 Å². The molecule has 0 aliphatic heterocycles. The summed E-state index contributed by atoms with van der Waals surface area (Å²) in [5.41, 5.74) is 1.47. The van der Waals surface area contributed by atoms with Gasteiger partial charge < -0.3 is 0 Å². The van der Waals surface area contributed by atoms with Crippen molar-refractivity contribution in [1.82, 2.24) is 4.98 Å². The zero-order chi connectivity index (χ0) is 11.0. The Morgan fingerprint density at radius 1 is 1.12 bits per heavy atom. The first-order valence-electron chi connectivity index (χ1n) is 5.89. The summed E-state index contributed by atoms with van der Waals surface area (Å²) in [6.45, 7) is 0. The molecule has 16 heavy (non-hydrogen) atoms. The lowest BCUT2D eigenvalue weighted by atomic mass is 9.96. The highest BCUT2D eigenvalue weighted by molar-refractivity contribution is 6.34. The van der Waals surface area contributed by atoms with Crippen molar-refractivity contribution in [3.63, 3.8) is 0 Å². The summed E-state index contributed by atoms with van der Waals surface area (Å²) in [4.78, 5) is 4.10. The van der Waals surface area contributed by atoms with Gasteiger partial charge in [0, 0.05) is 11.6 Å². The Bertz CT molecular complexity index is 515. The molecule has 0 amide bonds. The lowest BCUT2D eigenvalue weighted by Crippen LogP contribution is -1.92. The molecule has 82 valence electrons. The third kappa shape index (κ3) is 1.69. The summed E-state index contributed by atoms with van der Waals surface area (Å²) < 4.78 is 0. The quantitative estimate of drug-likeness (QED) is 0.657. The minimum absolute atomic E-state index is 0.607. The molecular weight excluding hydrogens is 218 g/mol. The number of fused-ring (bicyclic) bond motifs is 1. The number of benzene rings is 1. The minimum Gasteiger partial charge on any atom is -0.244 e. The van der Waals surface area contributed by atoms with Crippen LogP contribution in [0.5, 0.6) is 0 Å². The second-order valence-corrected chi connectivity index (χ2v) is 4.92. The monoisotopic (exact) mass is 231 g/mol. The van der Waals surface area contributed by atoms with Crippen LogP contribution in [0, 0.1) is 0 Å². The molecule has 2 aromatic rings. The zero-order valence-electron chi connectivity index (χ0n) is 9.12. The Kier molecular flexibility index (Phi) is 2.56. The number of rotatable bonds is 1. The van der Waals surface area contributed by atoms with E-state index >= 15 is 0 Å². The first-order valence-corrected chi connectivity index (χ1v) is 6.26. The highest BCUT2D eigenvalue weighted by Gasteiger charge is 2.17. The third-order valence-corrected chi connectivity index (χ3v) is 3.87. The average Bonchev–Trinajstić information content (AvgIpc) is 2.82. The van der Waals surface area contributed by atoms with Crippen LogP contribution in [-0.2, 0) is 0 Å².